The van der Waals surface area contributed by atoms with Gasteiger partial charge in [-0.3, -0.25) is 0 Å². The summed E-state index contributed by atoms with van der Waals surface area (Å²) in [5, 5.41) is 130. The van der Waals surface area contributed by atoms with Crippen LogP contribution in [0.5, 0.6) is 0 Å². The molecule has 7 aliphatic rings. The van der Waals surface area contributed by atoms with Crippen LogP contribution < -0.4 is 0 Å². The summed E-state index contributed by atoms with van der Waals surface area (Å²) < 4.78 is 25.5. The summed E-state index contributed by atoms with van der Waals surface area (Å²) in [4.78, 5) is 0. The molecule has 0 aromatic heterocycles. The Kier molecular flexibility index (Phi) is 12.2. The number of hydrogen-bond acceptors (Lipinski definition) is 16. The number of ether oxygens (including phenoxy) is 4. The van der Waals surface area contributed by atoms with Gasteiger partial charge in [0, 0.05) is 23.7 Å². The summed E-state index contributed by atoms with van der Waals surface area (Å²) >= 11 is 0. The van der Waals surface area contributed by atoms with E-state index < -0.39 is 140 Å². The minimum absolute atomic E-state index is 0.0508. The molecular formula is C36H60O16. The fraction of sp³-hybridized carbons (Fsp3) is 1.00. The average Bonchev–Trinajstić information content (AvgIpc) is 3.10. The van der Waals surface area contributed by atoms with Gasteiger partial charge >= 0.3 is 0 Å². The predicted octanol–water partition coefficient (Wildman–Crippen LogP) is -3.36. The van der Waals surface area contributed by atoms with Crippen LogP contribution in [-0.4, -0.2) is 178 Å². The fourth-order valence-electron chi connectivity index (χ4n) is 11.2. The van der Waals surface area contributed by atoms with Gasteiger partial charge in [-0.1, -0.05) is 0 Å². The lowest BCUT2D eigenvalue weighted by Gasteiger charge is -2.59. The molecule has 3 aliphatic heterocycles. The largest absolute Gasteiger partial charge is 0.394 e. The van der Waals surface area contributed by atoms with E-state index in [9.17, 15) is 61.3 Å². The van der Waals surface area contributed by atoms with Gasteiger partial charge in [-0.15, -0.1) is 0 Å². The van der Waals surface area contributed by atoms with E-state index in [4.69, 9.17) is 18.9 Å². The molecule has 3 heterocycles. The van der Waals surface area contributed by atoms with Gasteiger partial charge in [0.2, 0.25) is 0 Å². The summed E-state index contributed by atoms with van der Waals surface area (Å²) in [6.07, 6.45) is -15.8. The molecule has 0 spiro atoms. The minimum Gasteiger partial charge on any atom is -0.394 e. The molecule has 22 atom stereocenters. The van der Waals surface area contributed by atoms with E-state index in [0.717, 1.165) is 0 Å². The normalized spacial score (nSPS) is 57.5. The van der Waals surface area contributed by atoms with Crippen LogP contribution >= 0.6 is 0 Å². The molecule has 7 fully saturated rings. The van der Waals surface area contributed by atoms with Crippen molar-refractivity contribution in [1.29, 1.82) is 0 Å². The third-order valence-corrected chi connectivity index (χ3v) is 13.9. The second kappa shape index (κ2) is 16.1. The smallest absolute Gasteiger partial charge is 0.187 e. The van der Waals surface area contributed by atoms with Crippen LogP contribution in [0.15, 0.2) is 0 Å². The van der Waals surface area contributed by atoms with Crippen molar-refractivity contribution >= 4 is 0 Å². The third-order valence-electron chi connectivity index (χ3n) is 13.9. The molecule has 4 saturated carbocycles. The number of aliphatic hydroxyl groups excluding tert-OH is 12. The van der Waals surface area contributed by atoms with E-state index in [1.54, 1.807) is 0 Å². The van der Waals surface area contributed by atoms with Crippen LogP contribution in [0.25, 0.3) is 0 Å². The zero-order valence-corrected chi connectivity index (χ0v) is 29.3. The van der Waals surface area contributed by atoms with Crippen molar-refractivity contribution < 1.29 is 80.2 Å². The van der Waals surface area contributed by atoms with Crippen molar-refractivity contribution in [2.45, 2.75) is 181 Å². The molecule has 4 aliphatic carbocycles. The van der Waals surface area contributed by atoms with Crippen molar-refractivity contribution in [2.75, 3.05) is 6.61 Å². The maximum Gasteiger partial charge on any atom is 0.187 e. The predicted molar refractivity (Wildman–Crippen MR) is 176 cm³/mol. The molecule has 0 radical (unpaired) electrons. The van der Waals surface area contributed by atoms with Crippen LogP contribution in [0.2, 0.25) is 0 Å². The Morgan fingerprint density at radius 1 is 0.462 bits per heavy atom. The first-order valence-corrected chi connectivity index (χ1v) is 19.5. The first kappa shape index (κ1) is 39.6. The van der Waals surface area contributed by atoms with Crippen molar-refractivity contribution in [1.82, 2.24) is 0 Å². The van der Waals surface area contributed by atoms with Gasteiger partial charge < -0.3 is 80.2 Å². The van der Waals surface area contributed by atoms with E-state index in [2.05, 4.69) is 0 Å². The van der Waals surface area contributed by atoms with Gasteiger partial charge in [0.05, 0.1) is 86.0 Å². The van der Waals surface area contributed by atoms with Crippen LogP contribution in [0.1, 0.15) is 70.6 Å². The fourth-order valence-corrected chi connectivity index (χ4v) is 11.2. The molecule has 12 N–H and O–H groups in total. The Bertz CT molecular complexity index is 1170. The topological polar surface area (TPSA) is 280 Å². The molecule has 16 heteroatoms. The molecule has 300 valence electrons. The third kappa shape index (κ3) is 7.46. The lowest BCUT2D eigenvalue weighted by atomic mass is 9.57. The Labute approximate surface area is 302 Å². The number of rotatable bonds is 6. The summed E-state index contributed by atoms with van der Waals surface area (Å²) in [6, 6.07) is 0. The lowest BCUT2D eigenvalue weighted by molar-refractivity contribution is -0.340. The van der Waals surface area contributed by atoms with Crippen LogP contribution in [-0.2, 0) is 18.9 Å². The van der Waals surface area contributed by atoms with Gasteiger partial charge in [0.15, 0.2) is 6.29 Å². The molecule has 0 aromatic carbocycles. The lowest BCUT2D eigenvalue weighted by Crippen LogP contribution is -2.68. The van der Waals surface area contributed by atoms with E-state index >= 15 is 0 Å². The van der Waals surface area contributed by atoms with Gasteiger partial charge in [-0.05, 0) is 82.5 Å². The second-order valence-corrected chi connectivity index (χ2v) is 17.0. The molecule has 52 heavy (non-hydrogen) atoms. The van der Waals surface area contributed by atoms with Crippen LogP contribution in [0.4, 0.5) is 0 Å². The Morgan fingerprint density at radius 2 is 1.15 bits per heavy atom. The highest BCUT2D eigenvalue weighted by Gasteiger charge is 2.62. The zero-order valence-electron chi connectivity index (χ0n) is 29.3. The molecule has 16 nitrogen and oxygen atoms in total. The van der Waals surface area contributed by atoms with Crippen molar-refractivity contribution in [3.05, 3.63) is 0 Å². The zero-order chi connectivity index (χ0) is 37.2. The minimum atomic E-state index is -1.67. The van der Waals surface area contributed by atoms with Gasteiger partial charge in [0.25, 0.3) is 0 Å². The SMILES string of the molecule is OC[C@H]1O[C@@H](OC2CC3C(O)CC(O)C(C4C5C(O)CC(O)CC5O[C@H](C5CCC(O)C(O)C5)[C@@H]4O)C3OC2C2CCC(O)CC2)[C@H](O)[C@@H](O)[C@@H]1O. The Morgan fingerprint density at radius 3 is 1.85 bits per heavy atom. The summed E-state index contributed by atoms with van der Waals surface area (Å²) in [6.45, 7) is -0.640. The summed E-state index contributed by atoms with van der Waals surface area (Å²) in [7, 11) is 0. The molecule has 15 unspecified atom stereocenters. The number of aliphatic hydroxyl groups is 12. The molecule has 0 amide bonds. The Hall–Kier alpha value is -0.640. The van der Waals surface area contributed by atoms with Gasteiger partial charge in [-0.25, -0.2) is 0 Å². The quantitative estimate of drug-likeness (QED) is 0.126. The molecule has 0 aromatic rings. The molecule has 7 rings (SSSR count). The van der Waals surface area contributed by atoms with Gasteiger partial charge in [-0.2, -0.15) is 0 Å². The van der Waals surface area contributed by atoms with E-state index in [0.29, 0.717) is 38.5 Å². The second-order valence-electron chi connectivity index (χ2n) is 17.0. The number of fused-ring (bicyclic) bond motifs is 2. The molecular weight excluding hydrogens is 688 g/mol. The highest BCUT2D eigenvalue weighted by atomic mass is 16.7. The first-order valence-electron chi connectivity index (χ1n) is 19.5. The summed E-state index contributed by atoms with van der Waals surface area (Å²) in [5.74, 6) is -3.47. The van der Waals surface area contributed by atoms with Crippen molar-refractivity contribution in [3.8, 4) is 0 Å². The summed E-state index contributed by atoms with van der Waals surface area (Å²) in [5.41, 5.74) is 0. The average molecular weight is 749 g/mol. The highest BCUT2D eigenvalue weighted by Crippen LogP contribution is 2.54. The van der Waals surface area contributed by atoms with Crippen LogP contribution in [0.3, 0.4) is 0 Å². The first-order chi connectivity index (χ1) is 24.8. The van der Waals surface area contributed by atoms with E-state index in [-0.39, 0.29) is 43.9 Å². The van der Waals surface area contributed by atoms with E-state index in [1.807, 2.05) is 0 Å². The van der Waals surface area contributed by atoms with Gasteiger partial charge in [0.1, 0.15) is 24.4 Å². The van der Waals surface area contributed by atoms with Crippen molar-refractivity contribution in [3.63, 3.8) is 0 Å². The molecule has 0 bridgehead atoms. The highest BCUT2D eigenvalue weighted by molar-refractivity contribution is 5.10. The van der Waals surface area contributed by atoms with E-state index in [1.165, 1.54) is 0 Å². The standard InChI is InChI=1S/C36H60O16/c37-12-25-29(45)31(47)32(48)36(51-25)50-24-10-17-19(41)11-22(44)27(35(17)52-33(24)13-1-4-15(38)5-2-13)28-26-21(43)8-16(39)9-23(26)49-34(30(28)46)14-3-6-18(40)20(42)7-14/h13-48H,1-12H2/t13?,14?,15?,16?,17?,18?,19?,20?,21?,22?,23?,24?,25-,26?,27?,28?,29-,30-,31+,32-,33?,34-,35?,36-/m1/s1. The monoisotopic (exact) mass is 748 g/mol. The maximum atomic E-state index is 12.3. The Balaban J connectivity index is 1.21. The number of hydrogen-bond donors (Lipinski definition) is 12. The maximum absolute atomic E-state index is 12.3. The molecule has 3 saturated heterocycles. The van der Waals surface area contributed by atoms with Crippen LogP contribution in [0, 0.1) is 35.5 Å². The van der Waals surface area contributed by atoms with Crippen molar-refractivity contribution in [2.24, 2.45) is 35.5 Å².